The van der Waals surface area contributed by atoms with Crippen LogP contribution in [0.3, 0.4) is 0 Å². The van der Waals surface area contributed by atoms with E-state index in [1.54, 1.807) is 6.20 Å². The van der Waals surface area contributed by atoms with Gasteiger partial charge in [0, 0.05) is 19.3 Å². The SMILES string of the molecule is N#C/C(=C/N1CCc2ccccc2C1)C(=O)NC(c1ccccc1)c1ccccc1. The molecule has 0 bridgehead atoms. The third kappa shape index (κ3) is 4.42. The molecule has 0 fully saturated rings. The zero-order chi connectivity index (χ0) is 20.8. The Hall–Kier alpha value is -3.84. The average Bonchev–Trinajstić information content (AvgIpc) is 2.82. The lowest BCUT2D eigenvalue weighted by molar-refractivity contribution is -0.117. The van der Waals surface area contributed by atoms with Crippen LogP contribution in [0.1, 0.15) is 28.3 Å². The molecule has 1 heterocycles. The third-order valence-electron chi connectivity index (χ3n) is 5.38. The number of hydrogen-bond acceptors (Lipinski definition) is 3. The zero-order valence-corrected chi connectivity index (χ0v) is 16.7. The van der Waals surface area contributed by atoms with Crippen molar-refractivity contribution in [3.8, 4) is 6.07 Å². The minimum absolute atomic E-state index is 0.117. The smallest absolute Gasteiger partial charge is 0.264 e. The van der Waals surface area contributed by atoms with E-state index in [0.29, 0.717) is 6.54 Å². The standard InChI is InChI=1S/C26H23N3O/c27-17-24(19-29-16-15-20-9-7-8-14-23(20)18-29)26(30)28-25(21-10-3-1-4-11-21)22-12-5-2-6-13-22/h1-14,19,25H,15-16,18H2,(H,28,30)/b24-19-. The lowest BCUT2D eigenvalue weighted by Crippen LogP contribution is -2.32. The van der Waals surface area contributed by atoms with Gasteiger partial charge in [0.2, 0.25) is 0 Å². The molecule has 0 radical (unpaired) electrons. The average molecular weight is 393 g/mol. The van der Waals surface area contributed by atoms with E-state index >= 15 is 0 Å². The van der Waals surface area contributed by atoms with Crippen molar-refractivity contribution in [1.82, 2.24) is 10.2 Å². The second kappa shape index (κ2) is 9.11. The van der Waals surface area contributed by atoms with Crippen LogP contribution in [0.5, 0.6) is 0 Å². The molecule has 0 unspecified atom stereocenters. The summed E-state index contributed by atoms with van der Waals surface area (Å²) in [5.74, 6) is -0.367. The Labute approximate surface area is 177 Å². The molecule has 0 spiro atoms. The predicted molar refractivity (Wildman–Crippen MR) is 117 cm³/mol. The number of nitriles is 1. The van der Waals surface area contributed by atoms with Crippen LogP contribution >= 0.6 is 0 Å². The summed E-state index contributed by atoms with van der Waals surface area (Å²) in [6.45, 7) is 1.49. The first-order chi connectivity index (χ1) is 14.7. The van der Waals surface area contributed by atoms with Crippen molar-refractivity contribution >= 4 is 5.91 Å². The van der Waals surface area contributed by atoms with Gasteiger partial charge in [-0.1, -0.05) is 84.9 Å². The predicted octanol–water partition coefficient (Wildman–Crippen LogP) is 4.36. The number of nitrogens with zero attached hydrogens (tertiary/aromatic N) is 2. The molecule has 4 rings (SSSR count). The Balaban J connectivity index is 1.55. The van der Waals surface area contributed by atoms with Gasteiger partial charge in [-0.3, -0.25) is 4.79 Å². The largest absolute Gasteiger partial charge is 0.371 e. The maximum atomic E-state index is 13.0. The highest BCUT2D eigenvalue weighted by Gasteiger charge is 2.21. The first kappa shape index (κ1) is 19.5. The molecular formula is C26H23N3O. The summed E-state index contributed by atoms with van der Waals surface area (Å²) in [4.78, 5) is 15.1. The Bertz CT molecular complexity index is 1040. The summed E-state index contributed by atoms with van der Waals surface area (Å²) < 4.78 is 0. The molecule has 0 saturated heterocycles. The van der Waals surface area contributed by atoms with Gasteiger partial charge in [0.1, 0.15) is 11.6 Å². The molecule has 4 heteroatoms. The van der Waals surface area contributed by atoms with Gasteiger partial charge in [-0.2, -0.15) is 5.26 Å². The number of carbonyl (C=O) groups excluding carboxylic acids is 1. The molecule has 0 aromatic heterocycles. The summed E-state index contributed by atoms with van der Waals surface area (Å²) in [5, 5.41) is 12.7. The molecule has 1 aliphatic rings. The summed E-state index contributed by atoms with van der Waals surface area (Å²) in [5.41, 5.74) is 4.64. The van der Waals surface area contributed by atoms with Crippen LogP contribution in [0, 0.1) is 11.3 Å². The van der Waals surface area contributed by atoms with Crippen LogP contribution in [0.25, 0.3) is 0 Å². The molecule has 0 aliphatic carbocycles. The molecule has 0 saturated carbocycles. The monoisotopic (exact) mass is 393 g/mol. The van der Waals surface area contributed by atoms with Crippen LogP contribution in [-0.2, 0) is 17.8 Å². The Kier molecular flexibility index (Phi) is 5.91. The zero-order valence-electron chi connectivity index (χ0n) is 16.7. The second-order valence-electron chi connectivity index (χ2n) is 7.37. The van der Waals surface area contributed by atoms with Gasteiger partial charge < -0.3 is 10.2 Å². The van der Waals surface area contributed by atoms with Crippen molar-refractivity contribution in [3.63, 3.8) is 0 Å². The van der Waals surface area contributed by atoms with Gasteiger partial charge in [-0.25, -0.2) is 0 Å². The number of hydrogen-bond donors (Lipinski definition) is 1. The van der Waals surface area contributed by atoms with E-state index in [4.69, 9.17) is 0 Å². The van der Waals surface area contributed by atoms with Crippen LogP contribution in [-0.4, -0.2) is 17.4 Å². The fourth-order valence-electron chi connectivity index (χ4n) is 3.81. The molecule has 30 heavy (non-hydrogen) atoms. The van der Waals surface area contributed by atoms with E-state index in [1.807, 2.05) is 77.7 Å². The summed E-state index contributed by atoms with van der Waals surface area (Å²) >= 11 is 0. The summed E-state index contributed by atoms with van der Waals surface area (Å²) in [7, 11) is 0. The Morgan fingerprint density at radius 1 is 0.900 bits per heavy atom. The quantitative estimate of drug-likeness (QED) is 0.518. The van der Waals surface area contributed by atoms with E-state index < -0.39 is 0 Å². The summed E-state index contributed by atoms with van der Waals surface area (Å²) in [6.07, 6.45) is 2.60. The normalized spacial score (nSPS) is 13.5. The Morgan fingerprint density at radius 2 is 1.47 bits per heavy atom. The van der Waals surface area contributed by atoms with Gasteiger partial charge in [0.15, 0.2) is 0 Å². The van der Waals surface area contributed by atoms with Crippen LogP contribution in [0.2, 0.25) is 0 Å². The first-order valence-electron chi connectivity index (χ1n) is 10.1. The number of nitrogens with one attached hydrogen (secondary N) is 1. The molecule has 3 aromatic rings. The minimum Gasteiger partial charge on any atom is -0.371 e. The number of fused-ring (bicyclic) bond motifs is 1. The molecule has 0 atom stereocenters. The molecule has 1 amide bonds. The molecule has 148 valence electrons. The van der Waals surface area contributed by atoms with Gasteiger partial charge in [-0.05, 0) is 28.7 Å². The first-order valence-corrected chi connectivity index (χ1v) is 10.1. The van der Waals surface area contributed by atoms with Crippen molar-refractivity contribution in [3.05, 3.63) is 119 Å². The van der Waals surface area contributed by atoms with E-state index in [9.17, 15) is 10.1 Å². The molecule has 1 aliphatic heterocycles. The highest BCUT2D eigenvalue weighted by molar-refractivity contribution is 5.97. The van der Waals surface area contributed by atoms with Gasteiger partial charge in [-0.15, -0.1) is 0 Å². The van der Waals surface area contributed by atoms with Crippen LogP contribution < -0.4 is 5.32 Å². The summed E-state index contributed by atoms with van der Waals surface area (Å²) in [6, 6.07) is 29.7. The van der Waals surface area contributed by atoms with E-state index in [1.165, 1.54) is 11.1 Å². The van der Waals surface area contributed by atoms with Crippen molar-refractivity contribution in [2.24, 2.45) is 0 Å². The highest BCUT2D eigenvalue weighted by atomic mass is 16.1. The number of benzene rings is 3. The van der Waals surface area contributed by atoms with E-state index in [2.05, 4.69) is 23.5 Å². The van der Waals surface area contributed by atoms with Gasteiger partial charge in [0.25, 0.3) is 5.91 Å². The lowest BCUT2D eigenvalue weighted by Gasteiger charge is -2.28. The fraction of sp³-hybridized carbons (Fsp3) is 0.154. The number of rotatable bonds is 5. The maximum absolute atomic E-state index is 13.0. The van der Waals surface area contributed by atoms with Gasteiger partial charge >= 0.3 is 0 Å². The minimum atomic E-state index is -0.367. The van der Waals surface area contributed by atoms with E-state index in [-0.39, 0.29) is 17.5 Å². The molecule has 4 nitrogen and oxygen atoms in total. The van der Waals surface area contributed by atoms with Crippen molar-refractivity contribution < 1.29 is 4.79 Å². The van der Waals surface area contributed by atoms with Crippen molar-refractivity contribution in [2.75, 3.05) is 6.54 Å². The maximum Gasteiger partial charge on any atom is 0.264 e. The second-order valence-corrected chi connectivity index (χ2v) is 7.37. The Morgan fingerprint density at radius 3 is 2.07 bits per heavy atom. The molecule has 1 N–H and O–H groups in total. The number of amides is 1. The molecular weight excluding hydrogens is 370 g/mol. The third-order valence-corrected chi connectivity index (χ3v) is 5.38. The fourth-order valence-corrected chi connectivity index (χ4v) is 3.81. The molecule has 3 aromatic carbocycles. The topological polar surface area (TPSA) is 56.1 Å². The van der Waals surface area contributed by atoms with Crippen molar-refractivity contribution in [2.45, 2.75) is 19.0 Å². The highest BCUT2D eigenvalue weighted by Crippen LogP contribution is 2.23. The van der Waals surface area contributed by atoms with E-state index in [0.717, 1.165) is 24.1 Å². The van der Waals surface area contributed by atoms with Crippen LogP contribution in [0.4, 0.5) is 0 Å². The van der Waals surface area contributed by atoms with Crippen molar-refractivity contribution in [1.29, 1.82) is 5.26 Å². The number of carbonyl (C=O) groups is 1. The van der Waals surface area contributed by atoms with Crippen LogP contribution in [0.15, 0.2) is 96.7 Å². The lowest BCUT2D eigenvalue weighted by atomic mass is 9.98. The van der Waals surface area contributed by atoms with Gasteiger partial charge in [0.05, 0.1) is 6.04 Å².